The van der Waals surface area contributed by atoms with Crippen molar-refractivity contribution in [1.29, 1.82) is 0 Å². The van der Waals surface area contributed by atoms with Crippen molar-refractivity contribution >= 4 is 16.0 Å². The monoisotopic (exact) mass is 311 g/mol. The molecule has 0 amide bonds. The third-order valence-corrected chi connectivity index (χ3v) is 5.92. The predicted molar refractivity (Wildman–Crippen MR) is 74.8 cm³/mol. The number of sulfonamides is 1. The van der Waals surface area contributed by atoms with Crippen LogP contribution in [0.15, 0.2) is 23.1 Å². The lowest BCUT2D eigenvalue weighted by Crippen LogP contribution is -2.42. The van der Waals surface area contributed by atoms with Crippen LogP contribution in [0.2, 0.25) is 0 Å². The van der Waals surface area contributed by atoms with E-state index >= 15 is 0 Å². The Balaban J connectivity index is 1.94. The molecule has 7 heteroatoms. The highest BCUT2D eigenvalue weighted by atomic mass is 32.2. The molecule has 0 aliphatic carbocycles. The summed E-state index contributed by atoms with van der Waals surface area (Å²) in [6.07, 6.45) is 1.78. The van der Waals surface area contributed by atoms with Gasteiger partial charge in [-0.25, -0.2) is 8.42 Å². The molecule has 1 unspecified atom stereocenters. The van der Waals surface area contributed by atoms with Gasteiger partial charge in [0.15, 0.2) is 0 Å². The average molecular weight is 311 g/mol. The quantitative estimate of drug-likeness (QED) is 0.904. The van der Waals surface area contributed by atoms with Crippen molar-refractivity contribution in [1.82, 2.24) is 4.31 Å². The number of piperidine rings is 1. The Morgan fingerprint density at radius 1 is 1.38 bits per heavy atom. The first-order chi connectivity index (χ1) is 10.00. The SMILES string of the molecule is O=C(O)C1CCCN(S(=O)(=O)c2cccc3c2OCC3)C1. The van der Waals surface area contributed by atoms with E-state index in [1.54, 1.807) is 6.07 Å². The molecular weight excluding hydrogens is 294 g/mol. The molecule has 21 heavy (non-hydrogen) atoms. The fourth-order valence-electron chi connectivity index (χ4n) is 2.89. The lowest BCUT2D eigenvalue weighted by atomic mass is 10.0. The van der Waals surface area contributed by atoms with Crippen molar-refractivity contribution in [2.75, 3.05) is 19.7 Å². The summed E-state index contributed by atoms with van der Waals surface area (Å²) >= 11 is 0. The molecule has 114 valence electrons. The predicted octanol–water partition coefficient (Wildman–Crippen LogP) is 1.11. The van der Waals surface area contributed by atoms with Crippen molar-refractivity contribution in [3.63, 3.8) is 0 Å². The maximum atomic E-state index is 12.8. The normalized spacial score (nSPS) is 22.6. The number of carboxylic acids is 1. The molecule has 0 radical (unpaired) electrons. The van der Waals surface area contributed by atoms with Crippen LogP contribution in [0.5, 0.6) is 5.75 Å². The fraction of sp³-hybridized carbons (Fsp3) is 0.500. The molecule has 0 bridgehead atoms. The first-order valence-corrected chi connectivity index (χ1v) is 8.42. The number of fused-ring (bicyclic) bond motifs is 1. The van der Waals surface area contributed by atoms with Crippen LogP contribution in [-0.2, 0) is 21.2 Å². The molecule has 3 rings (SSSR count). The van der Waals surface area contributed by atoms with Gasteiger partial charge >= 0.3 is 5.97 Å². The number of aliphatic carboxylic acids is 1. The number of ether oxygens (including phenoxy) is 1. The summed E-state index contributed by atoms with van der Waals surface area (Å²) in [7, 11) is -3.71. The zero-order valence-electron chi connectivity index (χ0n) is 11.5. The van der Waals surface area contributed by atoms with E-state index < -0.39 is 21.9 Å². The lowest BCUT2D eigenvalue weighted by molar-refractivity contribution is -0.142. The molecule has 2 heterocycles. The van der Waals surface area contributed by atoms with Gasteiger partial charge < -0.3 is 9.84 Å². The minimum absolute atomic E-state index is 0.0291. The van der Waals surface area contributed by atoms with Crippen LogP contribution in [0.4, 0.5) is 0 Å². The van der Waals surface area contributed by atoms with Crippen LogP contribution >= 0.6 is 0 Å². The maximum absolute atomic E-state index is 12.8. The molecule has 1 aromatic rings. The molecule has 0 saturated carbocycles. The maximum Gasteiger partial charge on any atom is 0.307 e. The summed E-state index contributed by atoms with van der Waals surface area (Å²) in [4.78, 5) is 11.3. The van der Waals surface area contributed by atoms with E-state index in [1.807, 2.05) is 6.07 Å². The Labute approximate surface area is 123 Å². The topological polar surface area (TPSA) is 83.9 Å². The number of benzene rings is 1. The van der Waals surface area contributed by atoms with Gasteiger partial charge in [0, 0.05) is 19.5 Å². The molecule has 1 fully saturated rings. The van der Waals surface area contributed by atoms with Gasteiger partial charge in [-0.15, -0.1) is 0 Å². The van der Waals surface area contributed by atoms with Crippen molar-refractivity contribution in [2.24, 2.45) is 5.92 Å². The smallest absolute Gasteiger partial charge is 0.307 e. The summed E-state index contributed by atoms with van der Waals surface area (Å²) < 4.78 is 32.3. The van der Waals surface area contributed by atoms with Gasteiger partial charge in [-0.1, -0.05) is 12.1 Å². The van der Waals surface area contributed by atoms with Crippen molar-refractivity contribution in [3.8, 4) is 5.75 Å². The van der Waals surface area contributed by atoms with Crippen molar-refractivity contribution in [3.05, 3.63) is 23.8 Å². The molecule has 1 aromatic carbocycles. The molecular formula is C14H17NO5S. The highest BCUT2D eigenvalue weighted by molar-refractivity contribution is 7.89. The third-order valence-electron chi connectivity index (χ3n) is 4.03. The van der Waals surface area contributed by atoms with Crippen LogP contribution in [0, 0.1) is 5.92 Å². The second-order valence-electron chi connectivity index (χ2n) is 5.38. The zero-order chi connectivity index (χ0) is 15.0. The van der Waals surface area contributed by atoms with Crippen LogP contribution < -0.4 is 4.74 Å². The summed E-state index contributed by atoms with van der Waals surface area (Å²) in [6.45, 7) is 0.872. The highest BCUT2D eigenvalue weighted by Crippen LogP contribution is 2.35. The number of hydrogen-bond donors (Lipinski definition) is 1. The number of rotatable bonds is 3. The van der Waals surface area contributed by atoms with E-state index in [0.29, 0.717) is 38.2 Å². The summed E-state index contributed by atoms with van der Waals surface area (Å²) in [5.41, 5.74) is 0.892. The molecule has 0 spiro atoms. The first-order valence-electron chi connectivity index (χ1n) is 6.98. The Morgan fingerprint density at radius 2 is 2.19 bits per heavy atom. The van der Waals surface area contributed by atoms with E-state index in [-0.39, 0.29) is 11.4 Å². The summed E-state index contributed by atoms with van der Waals surface area (Å²) in [5, 5.41) is 9.10. The van der Waals surface area contributed by atoms with Gasteiger partial charge in [0.2, 0.25) is 10.0 Å². The van der Waals surface area contributed by atoms with E-state index in [2.05, 4.69) is 0 Å². The number of nitrogens with zero attached hydrogens (tertiary/aromatic N) is 1. The standard InChI is InChI=1S/C14H17NO5S/c16-14(17)11-4-2-7-15(9-11)21(18,19)12-5-1-3-10-6-8-20-13(10)12/h1,3,5,11H,2,4,6-9H2,(H,16,17). The van der Waals surface area contributed by atoms with Crippen LogP contribution in [0.3, 0.4) is 0 Å². The van der Waals surface area contributed by atoms with Crippen LogP contribution in [0.25, 0.3) is 0 Å². The molecule has 1 saturated heterocycles. The van der Waals surface area contributed by atoms with Gasteiger partial charge in [0.05, 0.1) is 12.5 Å². The Bertz CT molecular complexity index is 670. The van der Waals surface area contributed by atoms with Crippen molar-refractivity contribution in [2.45, 2.75) is 24.2 Å². The molecule has 1 atom stereocenters. The Hall–Kier alpha value is -1.60. The Kier molecular flexibility index (Phi) is 3.62. The number of hydrogen-bond acceptors (Lipinski definition) is 4. The lowest BCUT2D eigenvalue weighted by Gasteiger charge is -2.30. The highest BCUT2D eigenvalue weighted by Gasteiger charge is 2.35. The van der Waals surface area contributed by atoms with Crippen LogP contribution in [-0.4, -0.2) is 43.5 Å². The first kappa shape index (κ1) is 14.3. The van der Waals surface area contributed by atoms with E-state index in [9.17, 15) is 13.2 Å². The van der Waals surface area contributed by atoms with Crippen molar-refractivity contribution < 1.29 is 23.1 Å². The largest absolute Gasteiger partial charge is 0.492 e. The summed E-state index contributed by atoms with van der Waals surface area (Å²) in [5.74, 6) is -1.15. The molecule has 2 aliphatic heterocycles. The zero-order valence-corrected chi connectivity index (χ0v) is 12.3. The molecule has 1 N–H and O–H groups in total. The average Bonchev–Trinajstić information content (AvgIpc) is 2.95. The second-order valence-corrected chi connectivity index (χ2v) is 7.29. The molecule has 0 aromatic heterocycles. The summed E-state index contributed by atoms with van der Waals surface area (Å²) in [6, 6.07) is 5.10. The van der Waals surface area contributed by atoms with E-state index in [0.717, 1.165) is 5.56 Å². The van der Waals surface area contributed by atoms with Gasteiger partial charge in [-0.05, 0) is 24.5 Å². The minimum Gasteiger partial charge on any atom is -0.492 e. The third kappa shape index (κ3) is 2.51. The van der Waals surface area contributed by atoms with Gasteiger partial charge in [0.25, 0.3) is 0 Å². The second kappa shape index (κ2) is 5.31. The van der Waals surface area contributed by atoms with Crippen LogP contribution in [0.1, 0.15) is 18.4 Å². The minimum atomic E-state index is -3.71. The molecule has 6 nitrogen and oxygen atoms in total. The Morgan fingerprint density at radius 3 is 2.95 bits per heavy atom. The fourth-order valence-corrected chi connectivity index (χ4v) is 4.59. The number of carbonyl (C=O) groups is 1. The number of carboxylic acid groups (broad SMARTS) is 1. The van der Waals surface area contributed by atoms with E-state index in [1.165, 1.54) is 10.4 Å². The molecule has 2 aliphatic rings. The van der Waals surface area contributed by atoms with Gasteiger partial charge in [-0.3, -0.25) is 4.79 Å². The van der Waals surface area contributed by atoms with Gasteiger partial charge in [0.1, 0.15) is 10.6 Å². The van der Waals surface area contributed by atoms with E-state index in [4.69, 9.17) is 9.84 Å². The van der Waals surface area contributed by atoms with Gasteiger partial charge in [-0.2, -0.15) is 4.31 Å². The number of para-hydroxylation sites is 1.